The van der Waals surface area contributed by atoms with Gasteiger partial charge in [-0.1, -0.05) is 0 Å². The zero-order valence-corrected chi connectivity index (χ0v) is 5.92. The SMILES string of the molecule is [2H]C([2H])([2H])Oc1nccc(Br)n1. The molecule has 3 nitrogen and oxygen atoms in total. The Morgan fingerprint density at radius 3 is 3.44 bits per heavy atom. The van der Waals surface area contributed by atoms with Crippen molar-refractivity contribution >= 4 is 15.9 Å². The maximum absolute atomic E-state index is 6.76. The first-order valence-corrected chi connectivity index (χ1v) is 2.94. The molecule has 0 aliphatic heterocycles. The third-order valence-corrected chi connectivity index (χ3v) is 1.13. The summed E-state index contributed by atoms with van der Waals surface area (Å²) >= 11 is 3.05. The topological polar surface area (TPSA) is 35.0 Å². The Hall–Kier alpha value is -0.640. The highest BCUT2D eigenvalue weighted by Gasteiger charge is 1.91. The van der Waals surface area contributed by atoms with Crippen molar-refractivity contribution in [1.82, 2.24) is 9.97 Å². The molecule has 0 atom stereocenters. The second kappa shape index (κ2) is 2.77. The molecule has 0 spiro atoms. The van der Waals surface area contributed by atoms with Crippen LogP contribution in [-0.2, 0) is 0 Å². The van der Waals surface area contributed by atoms with Gasteiger partial charge in [-0.15, -0.1) is 0 Å². The van der Waals surface area contributed by atoms with E-state index in [9.17, 15) is 0 Å². The Labute approximate surface area is 65.4 Å². The average Bonchev–Trinajstić information content (AvgIpc) is 1.82. The Bertz CT molecular complexity index is 278. The zero-order valence-electron chi connectivity index (χ0n) is 7.34. The lowest BCUT2D eigenvalue weighted by atomic mass is 10.7. The molecule has 0 amide bonds. The van der Waals surface area contributed by atoms with Gasteiger partial charge in [0.2, 0.25) is 0 Å². The number of halogens is 1. The summed E-state index contributed by atoms with van der Waals surface area (Å²) in [5.41, 5.74) is 0. The molecule has 0 aliphatic rings. The minimum atomic E-state index is -2.50. The number of aromatic nitrogens is 2. The standard InChI is InChI=1S/C5H5BrN2O/c1-9-5-7-3-2-4(6)8-5/h2-3H,1H3/i1D3. The summed E-state index contributed by atoms with van der Waals surface area (Å²) in [6, 6.07) is 1.41. The van der Waals surface area contributed by atoms with Gasteiger partial charge in [0.05, 0.1) is 11.2 Å². The number of nitrogens with zero attached hydrogens (tertiary/aromatic N) is 2. The molecule has 1 rings (SSSR count). The van der Waals surface area contributed by atoms with Gasteiger partial charge in [0.25, 0.3) is 0 Å². The van der Waals surface area contributed by atoms with E-state index in [4.69, 9.17) is 4.11 Å². The molecular weight excluding hydrogens is 184 g/mol. The van der Waals surface area contributed by atoms with Crippen LogP contribution in [-0.4, -0.2) is 17.0 Å². The summed E-state index contributed by atoms with van der Waals surface area (Å²) in [6.45, 7) is 0. The predicted octanol–water partition coefficient (Wildman–Crippen LogP) is 1.25. The maximum Gasteiger partial charge on any atom is 0.317 e. The van der Waals surface area contributed by atoms with Gasteiger partial charge in [0, 0.05) is 6.20 Å². The van der Waals surface area contributed by atoms with Gasteiger partial charge >= 0.3 is 6.01 Å². The van der Waals surface area contributed by atoms with Crippen LogP contribution in [0.1, 0.15) is 4.11 Å². The largest absolute Gasteiger partial charge is 0.467 e. The molecule has 0 unspecified atom stereocenters. The number of ether oxygens (including phenoxy) is 1. The molecule has 1 aromatic rings. The fraction of sp³-hybridized carbons (Fsp3) is 0.200. The van der Waals surface area contributed by atoms with Gasteiger partial charge in [-0.05, 0) is 22.0 Å². The summed E-state index contributed by atoms with van der Waals surface area (Å²) in [5.74, 6) is 0. The third-order valence-electron chi connectivity index (χ3n) is 0.691. The Balaban J connectivity index is 2.77. The van der Waals surface area contributed by atoms with Crippen LogP contribution >= 0.6 is 15.9 Å². The number of methoxy groups -OCH3 is 1. The molecular formula is C5H5BrN2O. The Kier molecular flexibility index (Phi) is 1.08. The van der Waals surface area contributed by atoms with Crippen molar-refractivity contribution in [2.75, 3.05) is 7.04 Å². The molecule has 0 N–H and O–H groups in total. The highest BCUT2D eigenvalue weighted by Crippen LogP contribution is 2.07. The van der Waals surface area contributed by atoms with Crippen molar-refractivity contribution in [2.24, 2.45) is 0 Å². The van der Waals surface area contributed by atoms with Crippen molar-refractivity contribution in [3.05, 3.63) is 16.9 Å². The molecule has 0 saturated carbocycles. The Morgan fingerprint density at radius 2 is 2.78 bits per heavy atom. The van der Waals surface area contributed by atoms with Crippen molar-refractivity contribution < 1.29 is 8.85 Å². The van der Waals surface area contributed by atoms with Crippen molar-refractivity contribution in [3.8, 4) is 6.01 Å². The predicted molar refractivity (Wildman–Crippen MR) is 36.3 cm³/mol. The van der Waals surface area contributed by atoms with Crippen LogP contribution in [0.15, 0.2) is 16.9 Å². The zero-order chi connectivity index (χ0) is 9.19. The van der Waals surface area contributed by atoms with Gasteiger partial charge in [0.1, 0.15) is 4.60 Å². The van der Waals surface area contributed by atoms with Gasteiger partial charge in [-0.3, -0.25) is 0 Å². The van der Waals surface area contributed by atoms with Crippen molar-refractivity contribution in [2.45, 2.75) is 0 Å². The van der Waals surface area contributed by atoms with Crippen LogP contribution < -0.4 is 4.74 Å². The van der Waals surface area contributed by atoms with E-state index in [2.05, 4.69) is 30.6 Å². The van der Waals surface area contributed by atoms with E-state index in [-0.39, 0.29) is 6.01 Å². The van der Waals surface area contributed by atoms with E-state index in [1.165, 1.54) is 6.20 Å². The summed E-state index contributed by atoms with van der Waals surface area (Å²) in [7, 11) is -2.50. The monoisotopic (exact) mass is 191 g/mol. The summed E-state index contributed by atoms with van der Waals surface area (Å²) in [5, 5.41) is 0. The quantitative estimate of drug-likeness (QED) is 0.628. The molecule has 48 valence electrons. The minimum absolute atomic E-state index is 0.163. The maximum atomic E-state index is 6.76. The first-order chi connectivity index (χ1) is 5.47. The Morgan fingerprint density at radius 1 is 1.89 bits per heavy atom. The molecule has 1 aromatic heterocycles. The first kappa shape index (κ1) is 3.51. The summed E-state index contributed by atoms with van der Waals surface area (Å²) < 4.78 is 25.2. The minimum Gasteiger partial charge on any atom is -0.467 e. The normalized spacial score (nSPS) is 15.4. The lowest BCUT2D eigenvalue weighted by molar-refractivity contribution is 0.379. The molecule has 0 bridgehead atoms. The third kappa shape index (κ3) is 1.64. The smallest absolute Gasteiger partial charge is 0.317 e. The molecule has 0 radical (unpaired) electrons. The molecule has 9 heavy (non-hydrogen) atoms. The molecule has 0 aliphatic carbocycles. The van der Waals surface area contributed by atoms with E-state index in [0.717, 1.165) is 0 Å². The first-order valence-electron chi connectivity index (χ1n) is 3.65. The summed E-state index contributed by atoms with van der Waals surface area (Å²) in [6.07, 6.45) is 1.40. The highest BCUT2D eigenvalue weighted by atomic mass is 79.9. The van der Waals surface area contributed by atoms with Crippen LogP contribution in [0.25, 0.3) is 0 Å². The van der Waals surface area contributed by atoms with E-state index < -0.39 is 7.04 Å². The van der Waals surface area contributed by atoms with Gasteiger partial charge in [0.15, 0.2) is 0 Å². The summed E-state index contributed by atoms with van der Waals surface area (Å²) in [4.78, 5) is 7.28. The molecule has 4 heteroatoms. The fourth-order valence-corrected chi connectivity index (χ4v) is 0.639. The number of hydrogen-bond donors (Lipinski definition) is 0. The van der Waals surface area contributed by atoms with Gasteiger partial charge in [-0.2, -0.15) is 4.98 Å². The second-order valence-electron chi connectivity index (χ2n) is 1.26. The van der Waals surface area contributed by atoms with Gasteiger partial charge in [-0.25, -0.2) is 4.98 Å². The van der Waals surface area contributed by atoms with E-state index >= 15 is 0 Å². The van der Waals surface area contributed by atoms with Crippen LogP contribution in [0.3, 0.4) is 0 Å². The van der Waals surface area contributed by atoms with Crippen LogP contribution in [0.5, 0.6) is 6.01 Å². The number of rotatable bonds is 1. The van der Waals surface area contributed by atoms with E-state index in [1.807, 2.05) is 0 Å². The number of hydrogen-bond acceptors (Lipinski definition) is 3. The fourth-order valence-electron chi connectivity index (χ4n) is 0.369. The highest BCUT2D eigenvalue weighted by molar-refractivity contribution is 9.10. The lowest BCUT2D eigenvalue weighted by Gasteiger charge is -1.94. The van der Waals surface area contributed by atoms with Crippen molar-refractivity contribution in [3.63, 3.8) is 0 Å². The molecule has 0 fully saturated rings. The van der Waals surface area contributed by atoms with Crippen molar-refractivity contribution in [1.29, 1.82) is 0 Å². The average molecular weight is 192 g/mol. The van der Waals surface area contributed by atoms with Crippen LogP contribution in [0, 0.1) is 0 Å². The molecule has 0 aromatic carbocycles. The van der Waals surface area contributed by atoms with Gasteiger partial charge < -0.3 is 4.74 Å². The molecule has 1 heterocycles. The van der Waals surface area contributed by atoms with E-state index in [0.29, 0.717) is 4.60 Å². The van der Waals surface area contributed by atoms with Crippen LogP contribution in [0.4, 0.5) is 0 Å². The van der Waals surface area contributed by atoms with E-state index in [1.54, 1.807) is 6.07 Å². The lowest BCUT2D eigenvalue weighted by Crippen LogP contribution is -1.89. The van der Waals surface area contributed by atoms with Crippen LogP contribution in [0.2, 0.25) is 0 Å². The second-order valence-corrected chi connectivity index (χ2v) is 2.08. The molecule has 0 saturated heterocycles.